The van der Waals surface area contributed by atoms with Crippen molar-refractivity contribution in [1.82, 2.24) is 20.1 Å². The second kappa shape index (κ2) is 7.04. The molecule has 2 N–H and O–H groups in total. The highest BCUT2D eigenvalue weighted by Gasteiger charge is 2.26. The molecule has 23 heavy (non-hydrogen) atoms. The summed E-state index contributed by atoms with van der Waals surface area (Å²) in [7, 11) is 0. The molecule has 0 aliphatic carbocycles. The van der Waals surface area contributed by atoms with Gasteiger partial charge in [-0.15, -0.1) is 0 Å². The van der Waals surface area contributed by atoms with Gasteiger partial charge >= 0.3 is 5.97 Å². The molecule has 7 nitrogen and oxygen atoms in total. The molecule has 0 aliphatic heterocycles. The van der Waals surface area contributed by atoms with E-state index in [0.717, 1.165) is 5.56 Å². The summed E-state index contributed by atoms with van der Waals surface area (Å²) in [5.41, 5.74) is 0.511. The van der Waals surface area contributed by atoms with Crippen LogP contribution in [0.5, 0.6) is 0 Å². The summed E-state index contributed by atoms with van der Waals surface area (Å²) < 4.78 is 1.64. The van der Waals surface area contributed by atoms with Gasteiger partial charge in [0, 0.05) is 12.1 Å². The summed E-state index contributed by atoms with van der Waals surface area (Å²) in [4.78, 5) is 27.3. The van der Waals surface area contributed by atoms with Gasteiger partial charge in [0.25, 0.3) is 5.91 Å². The molecule has 7 heteroatoms. The monoisotopic (exact) mass is 316 g/mol. The standard InChI is InChI=1S/C16H20N4O3/c1-16(2,15(22)23)7-8-18-14(21)13-6-4-3-5-12(13)9-20-11-17-10-19-20/h3-6,10-11H,7-9H2,1-2H3,(H,18,21)(H,22,23). The van der Waals surface area contributed by atoms with Gasteiger partial charge < -0.3 is 10.4 Å². The fourth-order valence-electron chi connectivity index (χ4n) is 2.06. The van der Waals surface area contributed by atoms with Gasteiger partial charge in [-0.25, -0.2) is 9.67 Å². The molecule has 1 amide bonds. The predicted molar refractivity (Wildman–Crippen MR) is 83.9 cm³/mol. The molecular weight excluding hydrogens is 296 g/mol. The van der Waals surface area contributed by atoms with Crippen LogP contribution < -0.4 is 5.32 Å². The molecule has 2 aromatic rings. The molecule has 1 aromatic carbocycles. The Bertz CT molecular complexity index is 680. The lowest BCUT2D eigenvalue weighted by Crippen LogP contribution is -2.32. The van der Waals surface area contributed by atoms with Gasteiger partial charge in [-0.3, -0.25) is 9.59 Å². The van der Waals surface area contributed by atoms with E-state index in [0.29, 0.717) is 25.1 Å². The summed E-state index contributed by atoms with van der Waals surface area (Å²) in [5, 5.41) is 15.9. The minimum atomic E-state index is -0.877. The van der Waals surface area contributed by atoms with Crippen LogP contribution in [0.15, 0.2) is 36.9 Å². The molecular formula is C16H20N4O3. The average molecular weight is 316 g/mol. The summed E-state index contributed by atoms with van der Waals surface area (Å²) in [6, 6.07) is 7.25. The molecule has 122 valence electrons. The van der Waals surface area contributed by atoms with Crippen molar-refractivity contribution < 1.29 is 14.7 Å². The van der Waals surface area contributed by atoms with Crippen molar-refractivity contribution in [2.24, 2.45) is 5.41 Å². The number of aliphatic carboxylic acids is 1. The van der Waals surface area contributed by atoms with E-state index in [9.17, 15) is 9.59 Å². The predicted octanol–water partition coefficient (Wildman–Crippen LogP) is 1.56. The van der Waals surface area contributed by atoms with Gasteiger partial charge in [0.1, 0.15) is 12.7 Å². The number of carboxylic acid groups (broad SMARTS) is 1. The van der Waals surface area contributed by atoms with Gasteiger partial charge in [-0.2, -0.15) is 5.10 Å². The van der Waals surface area contributed by atoms with Gasteiger partial charge in [-0.05, 0) is 31.9 Å². The van der Waals surface area contributed by atoms with Crippen LogP contribution in [0.4, 0.5) is 0 Å². The van der Waals surface area contributed by atoms with Gasteiger partial charge in [0.15, 0.2) is 0 Å². The molecule has 0 bridgehead atoms. The van der Waals surface area contributed by atoms with Crippen molar-refractivity contribution in [3.05, 3.63) is 48.0 Å². The van der Waals surface area contributed by atoms with E-state index in [4.69, 9.17) is 5.11 Å². The maximum atomic E-state index is 12.3. The highest BCUT2D eigenvalue weighted by Crippen LogP contribution is 2.19. The van der Waals surface area contributed by atoms with Gasteiger partial charge in [0.2, 0.25) is 0 Å². The Morgan fingerprint density at radius 3 is 2.70 bits per heavy atom. The highest BCUT2D eigenvalue weighted by atomic mass is 16.4. The number of nitrogens with one attached hydrogen (secondary N) is 1. The lowest BCUT2D eigenvalue weighted by Gasteiger charge is -2.19. The Kier molecular flexibility index (Phi) is 5.10. The number of aromatic nitrogens is 3. The molecule has 0 spiro atoms. The summed E-state index contributed by atoms with van der Waals surface area (Å²) >= 11 is 0. The summed E-state index contributed by atoms with van der Waals surface area (Å²) in [6.45, 7) is 4.03. The van der Waals surface area contributed by atoms with E-state index >= 15 is 0 Å². The van der Waals surface area contributed by atoms with Crippen molar-refractivity contribution in [2.75, 3.05) is 6.54 Å². The lowest BCUT2D eigenvalue weighted by atomic mass is 9.89. The third-order valence-corrected chi connectivity index (χ3v) is 3.68. The topological polar surface area (TPSA) is 97.1 Å². The fraction of sp³-hybridized carbons (Fsp3) is 0.375. The van der Waals surface area contributed by atoms with E-state index in [1.54, 1.807) is 37.0 Å². The van der Waals surface area contributed by atoms with E-state index in [-0.39, 0.29) is 5.91 Å². The second-order valence-corrected chi connectivity index (χ2v) is 5.95. The number of benzene rings is 1. The minimum Gasteiger partial charge on any atom is -0.481 e. The van der Waals surface area contributed by atoms with Crippen LogP contribution in [0.3, 0.4) is 0 Å². The molecule has 0 saturated carbocycles. The molecule has 0 fully saturated rings. The largest absolute Gasteiger partial charge is 0.481 e. The second-order valence-electron chi connectivity index (χ2n) is 5.95. The maximum absolute atomic E-state index is 12.3. The summed E-state index contributed by atoms with van der Waals surface area (Å²) in [6.07, 6.45) is 3.39. The third-order valence-electron chi connectivity index (χ3n) is 3.68. The Hall–Kier alpha value is -2.70. The molecule has 2 rings (SSSR count). The van der Waals surface area contributed by atoms with Crippen LogP contribution in [0, 0.1) is 5.41 Å². The third kappa shape index (κ3) is 4.38. The number of amides is 1. The van der Waals surface area contributed by atoms with E-state index < -0.39 is 11.4 Å². The number of nitrogens with zero attached hydrogens (tertiary/aromatic N) is 3. The Labute approximate surface area is 134 Å². The van der Waals surface area contributed by atoms with Crippen molar-refractivity contribution >= 4 is 11.9 Å². The van der Waals surface area contributed by atoms with Crippen LogP contribution in [-0.4, -0.2) is 38.3 Å². The quantitative estimate of drug-likeness (QED) is 0.808. The lowest BCUT2D eigenvalue weighted by molar-refractivity contribution is -0.147. The molecule has 1 heterocycles. The maximum Gasteiger partial charge on any atom is 0.309 e. The number of rotatable bonds is 7. The number of carboxylic acids is 1. The minimum absolute atomic E-state index is 0.220. The van der Waals surface area contributed by atoms with E-state index in [2.05, 4.69) is 15.4 Å². The van der Waals surface area contributed by atoms with Crippen LogP contribution in [0.25, 0.3) is 0 Å². The number of hydrogen-bond donors (Lipinski definition) is 2. The fourth-order valence-corrected chi connectivity index (χ4v) is 2.06. The number of hydrogen-bond acceptors (Lipinski definition) is 4. The normalized spacial score (nSPS) is 11.2. The van der Waals surface area contributed by atoms with Crippen molar-refractivity contribution in [3.8, 4) is 0 Å². The van der Waals surface area contributed by atoms with Crippen molar-refractivity contribution in [1.29, 1.82) is 0 Å². The average Bonchev–Trinajstić information content (AvgIpc) is 3.00. The smallest absolute Gasteiger partial charge is 0.309 e. The molecule has 0 unspecified atom stereocenters. The molecule has 0 radical (unpaired) electrons. The van der Waals surface area contributed by atoms with Crippen molar-refractivity contribution in [2.45, 2.75) is 26.8 Å². The van der Waals surface area contributed by atoms with Crippen molar-refractivity contribution in [3.63, 3.8) is 0 Å². The number of carbonyl (C=O) groups is 2. The Balaban J connectivity index is 2.01. The molecule has 0 atom stereocenters. The zero-order valence-corrected chi connectivity index (χ0v) is 13.2. The SMILES string of the molecule is CC(C)(CCNC(=O)c1ccccc1Cn1cncn1)C(=O)O. The van der Waals surface area contributed by atoms with Gasteiger partial charge in [-0.1, -0.05) is 18.2 Å². The number of carbonyl (C=O) groups excluding carboxylic acids is 1. The van der Waals surface area contributed by atoms with Crippen LogP contribution in [-0.2, 0) is 11.3 Å². The van der Waals surface area contributed by atoms with Crippen LogP contribution in [0.1, 0.15) is 36.2 Å². The Morgan fingerprint density at radius 2 is 2.04 bits per heavy atom. The Morgan fingerprint density at radius 1 is 1.30 bits per heavy atom. The first-order chi connectivity index (χ1) is 10.9. The molecule has 0 aliphatic rings. The van der Waals surface area contributed by atoms with Crippen LogP contribution >= 0.6 is 0 Å². The first kappa shape index (κ1) is 16.7. The van der Waals surface area contributed by atoms with Crippen LogP contribution in [0.2, 0.25) is 0 Å². The highest BCUT2D eigenvalue weighted by molar-refractivity contribution is 5.95. The first-order valence-electron chi connectivity index (χ1n) is 7.32. The summed E-state index contributed by atoms with van der Waals surface area (Å²) in [5.74, 6) is -1.10. The zero-order valence-electron chi connectivity index (χ0n) is 13.2. The van der Waals surface area contributed by atoms with E-state index in [1.807, 2.05) is 12.1 Å². The molecule has 1 aromatic heterocycles. The zero-order chi connectivity index (χ0) is 16.9. The van der Waals surface area contributed by atoms with E-state index in [1.165, 1.54) is 6.33 Å². The first-order valence-corrected chi connectivity index (χ1v) is 7.32. The molecule has 0 saturated heterocycles. The van der Waals surface area contributed by atoms with Gasteiger partial charge in [0.05, 0.1) is 12.0 Å².